The van der Waals surface area contributed by atoms with Gasteiger partial charge in [-0.3, -0.25) is 4.79 Å². The Labute approximate surface area is 157 Å². The average Bonchev–Trinajstić information content (AvgIpc) is 3.40. The van der Waals surface area contributed by atoms with Crippen LogP contribution in [0.5, 0.6) is 0 Å². The highest BCUT2D eigenvalue weighted by molar-refractivity contribution is 6.35. The van der Waals surface area contributed by atoms with Crippen LogP contribution in [0.1, 0.15) is 35.4 Å². The molecule has 0 saturated heterocycles. The third kappa shape index (κ3) is 3.55. The highest BCUT2D eigenvalue weighted by Gasteiger charge is 2.30. The second-order valence-corrected chi connectivity index (χ2v) is 7.94. The Morgan fingerprint density at radius 2 is 2.00 bits per heavy atom. The highest BCUT2D eigenvalue weighted by atomic mass is 35.5. The third-order valence-corrected chi connectivity index (χ3v) is 5.55. The summed E-state index contributed by atoms with van der Waals surface area (Å²) < 4.78 is 0. The summed E-state index contributed by atoms with van der Waals surface area (Å²) in [5.74, 6) is 0.509. The largest absolute Gasteiger partial charge is 0.326 e. The van der Waals surface area contributed by atoms with Crippen molar-refractivity contribution in [1.29, 1.82) is 0 Å². The number of amides is 1. The van der Waals surface area contributed by atoms with Gasteiger partial charge >= 0.3 is 0 Å². The van der Waals surface area contributed by atoms with Crippen molar-refractivity contribution in [2.24, 2.45) is 5.92 Å². The predicted octanol–water partition coefficient (Wildman–Crippen LogP) is 4.92. The summed E-state index contributed by atoms with van der Waals surface area (Å²) in [5.41, 5.74) is 4.34. The Morgan fingerprint density at radius 1 is 1.20 bits per heavy atom. The van der Waals surface area contributed by atoms with Crippen LogP contribution in [-0.2, 0) is 11.3 Å². The smallest absolute Gasteiger partial charge is 0.227 e. The number of hydrogen-bond donors (Lipinski definition) is 1. The number of halogens is 2. The molecule has 25 heavy (non-hydrogen) atoms. The van der Waals surface area contributed by atoms with E-state index in [0.29, 0.717) is 5.02 Å². The van der Waals surface area contributed by atoms with Gasteiger partial charge in [0.2, 0.25) is 5.91 Å². The van der Waals surface area contributed by atoms with Crippen molar-refractivity contribution in [3.8, 4) is 0 Å². The molecule has 1 aliphatic heterocycles. The van der Waals surface area contributed by atoms with Gasteiger partial charge in [0, 0.05) is 40.7 Å². The molecule has 2 aromatic rings. The highest BCUT2D eigenvalue weighted by Crippen LogP contribution is 2.39. The minimum Gasteiger partial charge on any atom is -0.326 e. The van der Waals surface area contributed by atoms with E-state index in [1.807, 2.05) is 24.3 Å². The van der Waals surface area contributed by atoms with Crippen LogP contribution in [0.2, 0.25) is 10.0 Å². The van der Waals surface area contributed by atoms with Gasteiger partial charge in [-0.15, -0.1) is 0 Å². The van der Waals surface area contributed by atoms with Gasteiger partial charge in [0.15, 0.2) is 0 Å². The monoisotopic (exact) mass is 374 g/mol. The van der Waals surface area contributed by atoms with Crippen molar-refractivity contribution in [1.82, 2.24) is 4.90 Å². The molecule has 1 saturated carbocycles. The number of benzene rings is 2. The van der Waals surface area contributed by atoms with Crippen LogP contribution >= 0.6 is 23.2 Å². The molecule has 5 heteroatoms. The fourth-order valence-corrected chi connectivity index (χ4v) is 4.12. The van der Waals surface area contributed by atoms with Gasteiger partial charge in [0.1, 0.15) is 0 Å². The molecule has 1 heterocycles. The molecule has 0 spiro atoms. The molecule has 2 aromatic carbocycles. The summed E-state index contributed by atoms with van der Waals surface area (Å²) >= 11 is 12.7. The number of hydrogen-bond acceptors (Lipinski definition) is 2. The van der Waals surface area contributed by atoms with Gasteiger partial charge in [-0.05, 0) is 60.8 Å². The first-order chi connectivity index (χ1) is 12.0. The molecule has 3 nitrogen and oxygen atoms in total. The molecule has 0 bridgehead atoms. The van der Waals surface area contributed by atoms with Crippen LogP contribution in [0.15, 0.2) is 36.4 Å². The average molecular weight is 375 g/mol. The number of nitrogens with zero attached hydrogens (tertiary/aromatic N) is 1. The summed E-state index contributed by atoms with van der Waals surface area (Å²) in [4.78, 5) is 14.3. The van der Waals surface area contributed by atoms with Gasteiger partial charge in [-0.1, -0.05) is 35.3 Å². The molecule has 1 fully saturated rings. The van der Waals surface area contributed by atoms with E-state index in [2.05, 4.69) is 29.4 Å². The number of nitrogens with one attached hydrogen (secondary N) is 1. The first-order valence-corrected chi connectivity index (χ1v) is 9.34. The van der Waals surface area contributed by atoms with E-state index in [1.54, 1.807) is 0 Å². The Kier molecular flexibility index (Phi) is 4.48. The SMILES string of the molecule is CN1Cc2c(Cl)cc(Cl)cc2C(c2cccc(NC(=O)C3CC3)c2)C1. The molecule has 130 valence electrons. The standard InChI is InChI=1S/C20H20Cl2N2O/c1-24-10-17(16-8-14(21)9-19(22)18(16)11-24)13-3-2-4-15(7-13)23-20(25)12-5-6-12/h2-4,7-9,12,17H,5-6,10-11H2,1H3,(H,23,25). The molecule has 1 amide bonds. The Morgan fingerprint density at radius 3 is 2.76 bits per heavy atom. The second-order valence-electron chi connectivity index (χ2n) is 7.09. The van der Waals surface area contributed by atoms with Crippen molar-refractivity contribution in [3.05, 3.63) is 63.1 Å². The van der Waals surface area contributed by atoms with Gasteiger partial charge in [0.05, 0.1) is 0 Å². The van der Waals surface area contributed by atoms with Crippen molar-refractivity contribution in [3.63, 3.8) is 0 Å². The van der Waals surface area contributed by atoms with E-state index in [0.717, 1.165) is 42.2 Å². The Bertz CT molecular complexity index is 832. The molecule has 4 rings (SSSR count). The summed E-state index contributed by atoms with van der Waals surface area (Å²) in [7, 11) is 2.10. The van der Waals surface area contributed by atoms with E-state index >= 15 is 0 Å². The fraction of sp³-hybridized carbons (Fsp3) is 0.350. The van der Waals surface area contributed by atoms with Crippen LogP contribution in [0.4, 0.5) is 5.69 Å². The third-order valence-electron chi connectivity index (χ3n) is 5.00. The zero-order valence-electron chi connectivity index (χ0n) is 14.1. The van der Waals surface area contributed by atoms with E-state index in [9.17, 15) is 4.79 Å². The number of likely N-dealkylation sites (N-methyl/N-ethyl adjacent to an activating group) is 1. The molecule has 1 atom stereocenters. The lowest BCUT2D eigenvalue weighted by Crippen LogP contribution is -2.31. The molecule has 2 aliphatic rings. The minimum atomic E-state index is 0.129. The van der Waals surface area contributed by atoms with Crippen molar-refractivity contribution >= 4 is 34.8 Å². The summed E-state index contributed by atoms with van der Waals surface area (Å²) in [6.45, 7) is 1.71. The van der Waals surface area contributed by atoms with Gasteiger partial charge < -0.3 is 10.2 Å². The summed E-state index contributed by atoms with van der Waals surface area (Å²) in [5, 5.41) is 4.42. The first kappa shape index (κ1) is 16.9. The Hall–Kier alpha value is -1.55. The molecule has 0 radical (unpaired) electrons. The van der Waals surface area contributed by atoms with Crippen LogP contribution in [0, 0.1) is 5.92 Å². The molecule has 1 N–H and O–H groups in total. The number of fused-ring (bicyclic) bond motifs is 1. The molecule has 1 unspecified atom stereocenters. The van der Waals surface area contributed by atoms with E-state index in [-0.39, 0.29) is 17.7 Å². The zero-order valence-corrected chi connectivity index (χ0v) is 15.6. The lowest BCUT2D eigenvalue weighted by Gasteiger charge is -2.33. The van der Waals surface area contributed by atoms with Crippen LogP contribution in [0.25, 0.3) is 0 Å². The number of anilines is 1. The molecule has 0 aromatic heterocycles. The summed E-state index contributed by atoms with van der Waals surface area (Å²) in [6.07, 6.45) is 2.01. The van der Waals surface area contributed by atoms with Gasteiger partial charge in [-0.2, -0.15) is 0 Å². The van der Waals surface area contributed by atoms with Crippen molar-refractivity contribution < 1.29 is 4.79 Å². The molecular weight excluding hydrogens is 355 g/mol. The molecular formula is C20H20Cl2N2O. The normalized spacial score (nSPS) is 20.2. The predicted molar refractivity (Wildman–Crippen MR) is 102 cm³/mol. The van der Waals surface area contributed by atoms with Crippen LogP contribution < -0.4 is 5.32 Å². The van der Waals surface area contributed by atoms with E-state index in [4.69, 9.17) is 23.2 Å². The maximum absolute atomic E-state index is 12.0. The lowest BCUT2D eigenvalue weighted by atomic mass is 9.84. The zero-order chi connectivity index (χ0) is 17.6. The number of carbonyl (C=O) groups is 1. The maximum Gasteiger partial charge on any atom is 0.227 e. The van der Waals surface area contributed by atoms with Crippen molar-refractivity contribution in [2.75, 3.05) is 18.9 Å². The van der Waals surface area contributed by atoms with E-state index < -0.39 is 0 Å². The Balaban J connectivity index is 1.69. The van der Waals surface area contributed by atoms with E-state index in [1.165, 1.54) is 11.1 Å². The number of carbonyl (C=O) groups excluding carboxylic acids is 1. The van der Waals surface area contributed by atoms with Gasteiger partial charge in [-0.25, -0.2) is 0 Å². The number of rotatable bonds is 3. The fourth-order valence-electron chi connectivity index (χ4n) is 3.55. The van der Waals surface area contributed by atoms with Gasteiger partial charge in [0.25, 0.3) is 0 Å². The second kappa shape index (κ2) is 6.64. The van der Waals surface area contributed by atoms with Crippen molar-refractivity contribution in [2.45, 2.75) is 25.3 Å². The topological polar surface area (TPSA) is 32.3 Å². The lowest BCUT2D eigenvalue weighted by molar-refractivity contribution is -0.117. The first-order valence-electron chi connectivity index (χ1n) is 8.58. The maximum atomic E-state index is 12.0. The quantitative estimate of drug-likeness (QED) is 0.826. The van der Waals surface area contributed by atoms with Crippen LogP contribution in [-0.4, -0.2) is 24.4 Å². The molecule has 1 aliphatic carbocycles. The van der Waals surface area contributed by atoms with Crippen LogP contribution in [0.3, 0.4) is 0 Å². The summed E-state index contributed by atoms with van der Waals surface area (Å²) in [6, 6.07) is 12.0. The minimum absolute atomic E-state index is 0.129.